The maximum absolute atomic E-state index is 11.4. The molecule has 1 aliphatic heterocycles. The van der Waals surface area contributed by atoms with Crippen LogP contribution < -0.4 is 9.47 Å². The van der Waals surface area contributed by atoms with E-state index in [1.807, 2.05) is 42.5 Å². The van der Waals surface area contributed by atoms with Crippen molar-refractivity contribution in [2.75, 3.05) is 0 Å². The number of aldehydes is 1. The van der Waals surface area contributed by atoms with E-state index in [0.717, 1.165) is 54.8 Å². The van der Waals surface area contributed by atoms with Crippen LogP contribution >= 0.6 is 0 Å². The molecule has 2 aromatic rings. The van der Waals surface area contributed by atoms with Crippen molar-refractivity contribution in [3.8, 4) is 17.2 Å². The van der Waals surface area contributed by atoms with Gasteiger partial charge in [0, 0.05) is 23.5 Å². The molecule has 0 bridgehead atoms. The van der Waals surface area contributed by atoms with Crippen LogP contribution in [0.4, 0.5) is 0 Å². The first-order valence-corrected chi connectivity index (χ1v) is 9.27. The molecule has 0 N–H and O–H groups in total. The topological polar surface area (TPSA) is 35.5 Å². The minimum Gasteiger partial charge on any atom is -0.486 e. The maximum Gasteiger partial charge on any atom is 0.150 e. The van der Waals surface area contributed by atoms with E-state index in [1.165, 1.54) is 5.57 Å². The van der Waals surface area contributed by atoms with Gasteiger partial charge in [-0.1, -0.05) is 29.8 Å². The van der Waals surface area contributed by atoms with Crippen molar-refractivity contribution in [3.63, 3.8) is 0 Å². The minimum atomic E-state index is -0.254. The van der Waals surface area contributed by atoms with Gasteiger partial charge < -0.3 is 9.47 Å². The molecule has 0 saturated heterocycles. The first-order valence-electron chi connectivity index (χ1n) is 9.27. The zero-order chi connectivity index (χ0) is 18.1. The Morgan fingerprint density at radius 3 is 2.73 bits per heavy atom. The van der Waals surface area contributed by atoms with Gasteiger partial charge in [0.2, 0.25) is 0 Å². The average Bonchev–Trinajstić information content (AvgIpc) is 3.00. The fourth-order valence-corrected chi connectivity index (χ4v) is 4.07. The molecule has 0 fully saturated rings. The van der Waals surface area contributed by atoms with Crippen LogP contribution in [0.2, 0.25) is 0 Å². The lowest BCUT2D eigenvalue weighted by Gasteiger charge is -2.35. The Hall–Kier alpha value is -2.55. The van der Waals surface area contributed by atoms with E-state index >= 15 is 0 Å². The molecule has 1 aliphatic carbocycles. The molecule has 3 nitrogen and oxygen atoms in total. The predicted octanol–water partition coefficient (Wildman–Crippen LogP) is 5.73. The van der Waals surface area contributed by atoms with Crippen LogP contribution in [0.25, 0.3) is 0 Å². The van der Waals surface area contributed by atoms with E-state index in [-0.39, 0.29) is 5.60 Å². The minimum absolute atomic E-state index is 0.254. The first kappa shape index (κ1) is 16.9. The highest BCUT2D eigenvalue weighted by Crippen LogP contribution is 2.48. The van der Waals surface area contributed by atoms with Crippen molar-refractivity contribution in [1.82, 2.24) is 0 Å². The van der Waals surface area contributed by atoms with Gasteiger partial charge >= 0.3 is 0 Å². The van der Waals surface area contributed by atoms with Crippen LogP contribution in [-0.4, -0.2) is 11.9 Å². The first-order chi connectivity index (χ1) is 12.6. The monoisotopic (exact) mass is 348 g/mol. The van der Waals surface area contributed by atoms with Crippen molar-refractivity contribution in [2.45, 2.75) is 45.1 Å². The van der Waals surface area contributed by atoms with Crippen LogP contribution in [0.1, 0.15) is 49.0 Å². The van der Waals surface area contributed by atoms with E-state index in [2.05, 4.69) is 19.9 Å². The number of carbonyl (C=O) groups is 1. The van der Waals surface area contributed by atoms with Crippen molar-refractivity contribution in [1.29, 1.82) is 0 Å². The summed E-state index contributed by atoms with van der Waals surface area (Å²) >= 11 is 0. The number of fused-ring (bicyclic) bond motifs is 1. The molecule has 0 radical (unpaired) electrons. The van der Waals surface area contributed by atoms with Crippen LogP contribution in [-0.2, 0) is 6.42 Å². The summed E-state index contributed by atoms with van der Waals surface area (Å²) < 4.78 is 12.5. The lowest BCUT2D eigenvalue weighted by atomic mass is 9.76. The number of rotatable bonds is 4. The fraction of sp³-hybridized carbons (Fsp3) is 0.348. The standard InChI is InChI=1S/C23H24O3/c1-16-8-10-18(11-9-16)23(2)14-20-21(25-19-6-4-3-5-7-19)12-17(15-24)13-22(20)26-23/h3-8,12-13,15,18H,9-11,14H2,1-2H3/t18?,23-/m0/s1. The van der Waals surface area contributed by atoms with Gasteiger partial charge in [-0.05, 0) is 57.4 Å². The largest absolute Gasteiger partial charge is 0.486 e. The van der Waals surface area contributed by atoms with Gasteiger partial charge in [-0.3, -0.25) is 4.79 Å². The third kappa shape index (κ3) is 3.14. The van der Waals surface area contributed by atoms with Gasteiger partial charge in [0.05, 0.1) is 0 Å². The molecule has 1 heterocycles. The summed E-state index contributed by atoms with van der Waals surface area (Å²) in [6, 6.07) is 13.3. The van der Waals surface area contributed by atoms with Gasteiger partial charge in [-0.2, -0.15) is 0 Å². The van der Waals surface area contributed by atoms with Crippen LogP contribution in [0, 0.1) is 5.92 Å². The molecule has 0 aromatic heterocycles. The molecule has 4 rings (SSSR count). The van der Waals surface area contributed by atoms with Crippen molar-refractivity contribution in [2.24, 2.45) is 5.92 Å². The summed E-state index contributed by atoms with van der Waals surface area (Å²) in [4.78, 5) is 11.4. The smallest absolute Gasteiger partial charge is 0.150 e. The third-order valence-electron chi connectivity index (χ3n) is 5.67. The predicted molar refractivity (Wildman–Crippen MR) is 102 cm³/mol. The Morgan fingerprint density at radius 1 is 1.23 bits per heavy atom. The summed E-state index contributed by atoms with van der Waals surface area (Å²) in [5, 5.41) is 0. The highest BCUT2D eigenvalue weighted by Gasteiger charge is 2.43. The van der Waals surface area contributed by atoms with Crippen molar-refractivity contribution >= 4 is 6.29 Å². The van der Waals surface area contributed by atoms with E-state index in [1.54, 1.807) is 0 Å². The Morgan fingerprint density at radius 2 is 2.04 bits per heavy atom. The molecule has 2 atom stereocenters. The highest BCUT2D eigenvalue weighted by molar-refractivity contribution is 5.78. The molecule has 2 aliphatic rings. The van der Waals surface area contributed by atoms with Gasteiger partial charge in [0.25, 0.3) is 0 Å². The molecule has 26 heavy (non-hydrogen) atoms. The Balaban J connectivity index is 1.66. The average molecular weight is 348 g/mol. The maximum atomic E-state index is 11.4. The number of ether oxygens (including phenoxy) is 2. The van der Waals surface area contributed by atoms with Gasteiger partial charge in [0.15, 0.2) is 0 Å². The number of para-hydroxylation sites is 1. The molecule has 0 amide bonds. The molecule has 2 aromatic carbocycles. The molecular formula is C23H24O3. The number of carbonyl (C=O) groups excluding carboxylic acids is 1. The van der Waals surface area contributed by atoms with Crippen LogP contribution in [0.5, 0.6) is 17.2 Å². The lowest BCUT2D eigenvalue weighted by Crippen LogP contribution is -2.40. The summed E-state index contributed by atoms with van der Waals surface area (Å²) in [6.45, 7) is 4.39. The van der Waals surface area contributed by atoms with E-state index < -0.39 is 0 Å². The van der Waals surface area contributed by atoms with Crippen LogP contribution in [0.3, 0.4) is 0 Å². The van der Waals surface area contributed by atoms with E-state index in [0.29, 0.717) is 11.5 Å². The molecular weight excluding hydrogens is 324 g/mol. The molecule has 0 saturated carbocycles. The molecule has 134 valence electrons. The molecule has 0 spiro atoms. The van der Waals surface area contributed by atoms with Crippen LogP contribution in [0.15, 0.2) is 54.1 Å². The quantitative estimate of drug-likeness (QED) is 0.523. The SMILES string of the molecule is CC1=CCC([C@]2(C)Cc3c(Oc4ccccc4)cc(C=O)cc3O2)CC1. The Kier molecular flexibility index (Phi) is 4.31. The second-order valence-electron chi connectivity index (χ2n) is 7.64. The Bertz CT molecular complexity index is 853. The zero-order valence-electron chi connectivity index (χ0n) is 15.3. The molecule has 1 unspecified atom stereocenters. The molecule has 3 heteroatoms. The zero-order valence-corrected chi connectivity index (χ0v) is 15.3. The normalized spacial score (nSPS) is 24.4. The second kappa shape index (κ2) is 6.64. The number of benzene rings is 2. The highest BCUT2D eigenvalue weighted by atomic mass is 16.5. The van der Waals surface area contributed by atoms with Crippen molar-refractivity contribution in [3.05, 3.63) is 65.2 Å². The van der Waals surface area contributed by atoms with Gasteiger partial charge in [0.1, 0.15) is 29.1 Å². The third-order valence-corrected chi connectivity index (χ3v) is 5.67. The van der Waals surface area contributed by atoms with Crippen molar-refractivity contribution < 1.29 is 14.3 Å². The number of hydrogen-bond acceptors (Lipinski definition) is 3. The van der Waals surface area contributed by atoms with Gasteiger partial charge in [-0.25, -0.2) is 0 Å². The Labute approximate surface area is 154 Å². The summed E-state index contributed by atoms with van der Waals surface area (Å²) in [5.74, 6) is 2.75. The van der Waals surface area contributed by atoms with E-state index in [4.69, 9.17) is 9.47 Å². The fourth-order valence-electron chi connectivity index (χ4n) is 4.07. The summed E-state index contributed by atoms with van der Waals surface area (Å²) in [7, 11) is 0. The number of allylic oxidation sites excluding steroid dienone is 2. The second-order valence-corrected chi connectivity index (χ2v) is 7.64. The summed E-state index contributed by atoms with van der Waals surface area (Å²) in [5.41, 5.74) is 2.86. The van der Waals surface area contributed by atoms with E-state index in [9.17, 15) is 4.79 Å². The van der Waals surface area contributed by atoms with Gasteiger partial charge in [-0.15, -0.1) is 0 Å². The lowest BCUT2D eigenvalue weighted by molar-refractivity contribution is 0.0420. The summed E-state index contributed by atoms with van der Waals surface area (Å²) in [6.07, 6.45) is 7.32. The number of hydrogen-bond donors (Lipinski definition) is 0.